The first-order chi connectivity index (χ1) is 4.70. The summed E-state index contributed by atoms with van der Waals surface area (Å²) in [5, 5.41) is 8.84. The second kappa shape index (κ2) is 2.47. The number of hydrogen-bond acceptors (Lipinski definition) is 3. The average molecular weight is 137 g/mol. The minimum atomic E-state index is -0.305. The summed E-state index contributed by atoms with van der Waals surface area (Å²) in [7, 11) is 0. The summed E-state index contributed by atoms with van der Waals surface area (Å²) in [6, 6.07) is 2.97. The molecule has 0 unspecified atom stereocenters. The van der Waals surface area contributed by atoms with Crippen LogP contribution in [0.1, 0.15) is 5.56 Å². The highest BCUT2D eigenvalue weighted by Crippen LogP contribution is 2.00. The Kier molecular flexibility index (Phi) is 1.67. The van der Waals surface area contributed by atoms with Crippen molar-refractivity contribution < 1.29 is 5.11 Å². The van der Waals surface area contributed by atoms with Gasteiger partial charge in [-0.25, -0.2) is 4.98 Å². The van der Waals surface area contributed by atoms with Crippen LogP contribution in [-0.4, -0.2) is 10.1 Å². The van der Waals surface area contributed by atoms with Crippen molar-refractivity contribution >= 4 is 0 Å². The number of rotatable bonds is 0. The molecule has 0 atom stereocenters. The van der Waals surface area contributed by atoms with E-state index in [4.69, 9.17) is 5.11 Å². The van der Waals surface area contributed by atoms with Gasteiger partial charge in [0.25, 0.3) is 5.56 Å². The van der Waals surface area contributed by atoms with E-state index in [9.17, 15) is 4.79 Å². The number of nitrogens with zero attached hydrogens (tertiary/aromatic N) is 1. The van der Waals surface area contributed by atoms with Crippen LogP contribution in [0.2, 0.25) is 0 Å². The van der Waals surface area contributed by atoms with Gasteiger partial charge in [-0.15, -0.1) is 0 Å². The van der Waals surface area contributed by atoms with Gasteiger partial charge in [-0.3, -0.25) is 4.79 Å². The summed E-state index contributed by atoms with van der Waals surface area (Å²) in [5.41, 5.74) is 0.223. The second-order valence-corrected chi connectivity index (χ2v) is 2.00. The molecule has 0 bridgehead atoms. The van der Waals surface area contributed by atoms with Gasteiger partial charge in [-0.1, -0.05) is 6.07 Å². The summed E-state index contributed by atoms with van der Waals surface area (Å²) in [5.74, 6) is 0.00481. The Bertz CT molecular complexity index is 296. The van der Waals surface area contributed by atoms with E-state index in [1.165, 1.54) is 12.1 Å². The van der Waals surface area contributed by atoms with Gasteiger partial charge in [0.2, 0.25) is 0 Å². The van der Waals surface area contributed by atoms with Crippen molar-refractivity contribution in [2.45, 2.75) is 6.92 Å². The molecule has 1 aromatic heterocycles. The zero-order chi connectivity index (χ0) is 7.56. The predicted molar refractivity (Wildman–Crippen MR) is 36.9 cm³/mol. The first-order valence-electron chi connectivity index (χ1n) is 2.86. The van der Waals surface area contributed by atoms with E-state index in [2.05, 4.69) is 4.98 Å². The minimum Gasteiger partial charge on any atom is -0.506 e. The Hall–Kier alpha value is -1.38. The van der Waals surface area contributed by atoms with E-state index < -0.39 is 0 Å². The quantitative estimate of drug-likeness (QED) is 0.565. The van der Waals surface area contributed by atoms with Crippen molar-refractivity contribution in [1.82, 2.24) is 4.98 Å². The van der Waals surface area contributed by atoms with Crippen molar-refractivity contribution in [2.75, 3.05) is 0 Å². The molecule has 1 aromatic rings. The normalized spacial score (nSPS) is 9.30. The van der Waals surface area contributed by atoms with E-state index in [1.54, 1.807) is 6.92 Å². The van der Waals surface area contributed by atoms with E-state index in [1.807, 2.05) is 0 Å². The molecule has 0 saturated carbocycles. The molecule has 1 rings (SSSR count). The third-order valence-corrected chi connectivity index (χ3v) is 1.16. The smallest absolute Gasteiger partial charge is 0.272 e. The molecule has 3 heteroatoms. The van der Waals surface area contributed by atoms with E-state index in [0.29, 0.717) is 5.56 Å². The minimum absolute atomic E-state index is 0.00481. The molecular weight excluding hydrogens is 130 g/mol. The maximum Gasteiger partial charge on any atom is 0.272 e. The lowest BCUT2D eigenvalue weighted by atomic mass is 10.3. The highest BCUT2D eigenvalue weighted by atomic mass is 16.3. The SMILES string of the molecule is Cc1ccc(O)cnc1=O. The van der Waals surface area contributed by atoms with Gasteiger partial charge in [0.15, 0.2) is 0 Å². The molecule has 10 heavy (non-hydrogen) atoms. The topological polar surface area (TPSA) is 50.2 Å². The molecular formula is C7H7NO2. The van der Waals surface area contributed by atoms with Crippen molar-refractivity contribution in [3.05, 3.63) is 34.2 Å². The van der Waals surface area contributed by atoms with Crippen molar-refractivity contribution in [1.29, 1.82) is 0 Å². The van der Waals surface area contributed by atoms with Crippen LogP contribution in [-0.2, 0) is 0 Å². The van der Waals surface area contributed by atoms with Gasteiger partial charge < -0.3 is 5.11 Å². The van der Waals surface area contributed by atoms with E-state index in [0.717, 1.165) is 6.20 Å². The summed E-state index contributed by atoms with van der Waals surface area (Å²) in [6.07, 6.45) is 1.13. The summed E-state index contributed by atoms with van der Waals surface area (Å²) in [6.45, 7) is 1.65. The van der Waals surface area contributed by atoms with Crippen molar-refractivity contribution in [3.63, 3.8) is 0 Å². The molecule has 0 fully saturated rings. The predicted octanol–water partition coefficient (Wildman–Crippen LogP) is 0.456. The number of aromatic nitrogens is 1. The largest absolute Gasteiger partial charge is 0.506 e. The average Bonchev–Trinajstić information content (AvgIpc) is 2.04. The number of hydrogen-bond donors (Lipinski definition) is 1. The van der Waals surface area contributed by atoms with Crippen LogP contribution < -0.4 is 5.56 Å². The van der Waals surface area contributed by atoms with Crippen LogP contribution in [0.15, 0.2) is 23.1 Å². The molecule has 0 amide bonds. The van der Waals surface area contributed by atoms with Gasteiger partial charge in [-0.2, -0.15) is 0 Å². The number of aromatic hydroxyl groups is 1. The zero-order valence-corrected chi connectivity index (χ0v) is 5.53. The lowest BCUT2D eigenvalue weighted by molar-refractivity contribution is 0.473. The van der Waals surface area contributed by atoms with Crippen LogP contribution in [0.25, 0.3) is 0 Å². The molecule has 52 valence electrons. The highest BCUT2D eigenvalue weighted by molar-refractivity contribution is 5.17. The van der Waals surface area contributed by atoms with Crippen molar-refractivity contribution in [2.24, 2.45) is 0 Å². The molecule has 1 heterocycles. The fourth-order valence-corrected chi connectivity index (χ4v) is 0.551. The Morgan fingerprint density at radius 3 is 2.90 bits per heavy atom. The molecule has 0 aliphatic carbocycles. The Labute approximate surface area is 58.0 Å². The first-order valence-corrected chi connectivity index (χ1v) is 2.86. The van der Waals surface area contributed by atoms with Crippen LogP contribution in [0, 0.1) is 6.92 Å². The fraction of sp³-hybridized carbons (Fsp3) is 0.143. The molecule has 1 N–H and O–H groups in total. The van der Waals surface area contributed by atoms with Gasteiger partial charge in [0, 0.05) is 5.56 Å². The first kappa shape index (κ1) is 6.74. The van der Waals surface area contributed by atoms with E-state index in [-0.39, 0.29) is 11.3 Å². The Balaban J connectivity index is 3.43. The lowest BCUT2D eigenvalue weighted by Crippen LogP contribution is -2.03. The molecule has 0 aliphatic heterocycles. The zero-order valence-electron chi connectivity index (χ0n) is 5.53. The fourth-order valence-electron chi connectivity index (χ4n) is 0.551. The van der Waals surface area contributed by atoms with Crippen LogP contribution in [0.4, 0.5) is 0 Å². The molecule has 3 nitrogen and oxygen atoms in total. The van der Waals surface area contributed by atoms with Gasteiger partial charge >= 0.3 is 0 Å². The lowest BCUT2D eigenvalue weighted by Gasteiger charge is -1.75. The van der Waals surface area contributed by atoms with Gasteiger partial charge in [0.1, 0.15) is 5.75 Å². The molecule has 0 aromatic carbocycles. The third-order valence-electron chi connectivity index (χ3n) is 1.16. The van der Waals surface area contributed by atoms with Crippen LogP contribution >= 0.6 is 0 Å². The monoisotopic (exact) mass is 137 g/mol. The summed E-state index contributed by atoms with van der Waals surface area (Å²) < 4.78 is 0. The maximum absolute atomic E-state index is 10.7. The Morgan fingerprint density at radius 2 is 2.20 bits per heavy atom. The number of aryl methyl sites for hydroxylation is 1. The van der Waals surface area contributed by atoms with Crippen LogP contribution in [0.3, 0.4) is 0 Å². The van der Waals surface area contributed by atoms with Gasteiger partial charge in [-0.05, 0) is 13.0 Å². The highest BCUT2D eigenvalue weighted by Gasteiger charge is 1.89. The summed E-state index contributed by atoms with van der Waals surface area (Å²) >= 11 is 0. The van der Waals surface area contributed by atoms with Crippen LogP contribution in [0.5, 0.6) is 5.75 Å². The standard InChI is InChI=1S/C7H7NO2/c1-5-2-3-6(9)4-8-7(5)10/h2-4,9H,1H3. The van der Waals surface area contributed by atoms with E-state index >= 15 is 0 Å². The summed E-state index contributed by atoms with van der Waals surface area (Å²) in [4.78, 5) is 14.2. The maximum atomic E-state index is 10.7. The second-order valence-electron chi connectivity index (χ2n) is 2.00. The molecule has 0 spiro atoms. The van der Waals surface area contributed by atoms with Crippen molar-refractivity contribution in [3.8, 4) is 5.75 Å². The molecule has 0 aliphatic rings. The Morgan fingerprint density at radius 1 is 1.50 bits per heavy atom. The van der Waals surface area contributed by atoms with Gasteiger partial charge in [0.05, 0.1) is 6.20 Å². The third kappa shape index (κ3) is 1.31. The molecule has 0 radical (unpaired) electrons. The molecule has 0 saturated heterocycles.